The Hall–Kier alpha value is -4.05. The zero-order valence-electron chi connectivity index (χ0n) is 13.5. The number of benzene rings is 1. The SMILES string of the molecule is N#Cc1cnn(-c2ccc3ccccc3n2)c1NC(=O)c1cccnc1. The largest absolute Gasteiger partial charge is 0.305 e. The minimum Gasteiger partial charge on any atom is -0.305 e. The fraction of sp³-hybridized carbons (Fsp3) is 0. The van der Waals surface area contributed by atoms with Crippen LogP contribution in [0.1, 0.15) is 15.9 Å². The molecule has 0 aliphatic carbocycles. The van der Waals surface area contributed by atoms with Gasteiger partial charge in [-0.15, -0.1) is 0 Å². The van der Waals surface area contributed by atoms with Gasteiger partial charge in [0.25, 0.3) is 5.91 Å². The van der Waals surface area contributed by atoms with Crippen molar-refractivity contribution in [1.82, 2.24) is 19.7 Å². The molecule has 4 rings (SSSR count). The normalized spacial score (nSPS) is 10.4. The summed E-state index contributed by atoms with van der Waals surface area (Å²) >= 11 is 0. The number of hydrogen-bond donors (Lipinski definition) is 1. The van der Waals surface area contributed by atoms with Crippen molar-refractivity contribution in [3.8, 4) is 11.9 Å². The third-order valence-electron chi connectivity index (χ3n) is 3.85. The van der Waals surface area contributed by atoms with Crippen molar-refractivity contribution in [3.63, 3.8) is 0 Å². The number of carbonyl (C=O) groups is 1. The van der Waals surface area contributed by atoms with Crippen LogP contribution in [0.25, 0.3) is 16.7 Å². The van der Waals surface area contributed by atoms with Crippen molar-refractivity contribution in [3.05, 3.63) is 78.2 Å². The van der Waals surface area contributed by atoms with E-state index in [9.17, 15) is 10.1 Å². The molecule has 26 heavy (non-hydrogen) atoms. The summed E-state index contributed by atoms with van der Waals surface area (Å²) in [5.41, 5.74) is 1.43. The quantitative estimate of drug-likeness (QED) is 0.618. The van der Waals surface area contributed by atoms with Gasteiger partial charge in [-0.25, -0.2) is 4.98 Å². The highest BCUT2D eigenvalue weighted by molar-refractivity contribution is 6.04. The summed E-state index contributed by atoms with van der Waals surface area (Å²) in [6.07, 6.45) is 4.44. The van der Waals surface area contributed by atoms with Crippen LogP contribution in [0.5, 0.6) is 0 Å². The average Bonchev–Trinajstić information content (AvgIpc) is 3.10. The first-order chi connectivity index (χ1) is 12.8. The fourth-order valence-corrected chi connectivity index (χ4v) is 2.57. The average molecular weight is 340 g/mol. The molecular weight excluding hydrogens is 328 g/mol. The molecule has 0 aliphatic rings. The highest BCUT2D eigenvalue weighted by Gasteiger charge is 2.17. The smallest absolute Gasteiger partial charge is 0.258 e. The molecule has 0 saturated heterocycles. The van der Waals surface area contributed by atoms with Gasteiger partial charge in [0, 0.05) is 17.8 Å². The molecule has 3 aromatic heterocycles. The molecule has 0 unspecified atom stereocenters. The number of aromatic nitrogens is 4. The number of rotatable bonds is 3. The third-order valence-corrected chi connectivity index (χ3v) is 3.85. The molecule has 0 fully saturated rings. The first-order valence-corrected chi connectivity index (χ1v) is 7.82. The predicted molar refractivity (Wildman–Crippen MR) is 95.8 cm³/mol. The summed E-state index contributed by atoms with van der Waals surface area (Å²) in [6, 6.07) is 16.7. The van der Waals surface area contributed by atoms with E-state index in [2.05, 4.69) is 20.4 Å². The van der Waals surface area contributed by atoms with Crippen LogP contribution in [0.3, 0.4) is 0 Å². The summed E-state index contributed by atoms with van der Waals surface area (Å²) in [4.78, 5) is 20.9. The van der Waals surface area contributed by atoms with Crippen molar-refractivity contribution in [2.45, 2.75) is 0 Å². The number of anilines is 1. The maximum atomic E-state index is 12.5. The third kappa shape index (κ3) is 2.76. The summed E-state index contributed by atoms with van der Waals surface area (Å²) in [7, 11) is 0. The van der Waals surface area contributed by atoms with E-state index >= 15 is 0 Å². The van der Waals surface area contributed by atoms with Crippen LogP contribution in [-0.2, 0) is 0 Å². The number of hydrogen-bond acceptors (Lipinski definition) is 5. The number of amides is 1. The van der Waals surface area contributed by atoms with Crippen LogP contribution < -0.4 is 5.32 Å². The Labute approximate surface area is 148 Å². The van der Waals surface area contributed by atoms with Gasteiger partial charge in [-0.1, -0.05) is 18.2 Å². The Bertz CT molecular complexity index is 1140. The molecule has 3 heterocycles. The van der Waals surface area contributed by atoms with Gasteiger partial charge in [-0.2, -0.15) is 15.0 Å². The second kappa shape index (κ2) is 6.45. The van der Waals surface area contributed by atoms with E-state index in [0.717, 1.165) is 10.9 Å². The molecule has 1 N–H and O–H groups in total. The lowest BCUT2D eigenvalue weighted by Crippen LogP contribution is -2.16. The first kappa shape index (κ1) is 15.5. The predicted octanol–water partition coefficient (Wildman–Crippen LogP) is 2.94. The maximum absolute atomic E-state index is 12.5. The molecule has 124 valence electrons. The number of fused-ring (bicyclic) bond motifs is 1. The highest BCUT2D eigenvalue weighted by atomic mass is 16.1. The monoisotopic (exact) mass is 340 g/mol. The second-order valence-electron chi connectivity index (χ2n) is 5.49. The van der Waals surface area contributed by atoms with Crippen molar-refractivity contribution in [2.75, 3.05) is 5.32 Å². The Morgan fingerprint density at radius 2 is 1.96 bits per heavy atom. The second-order valence-corrected chi connectivity index (χ2v) is 5.49. The van der Waals surface area contributed by atoms with E-state index < -0.39 is 0 Å². The molecule has 0 saturated carbocycles. The number of carbonyl (C=O) groups excluding carboxylic acids is 1. The minimum atomic E-state index is -0.378. The van der Waals surface area contributed by atoms with Crippen molar-refractivity contribution in [1.29, 1.82) is 5.26 Å². The molecule has 0 bridgehead atoms. The van der Waals surface area contributed by atoms with E-state index in [0.29, 0.717) is 11.4 Å². The minimum absolute atomic E-state index is 0.247. The zero-order chi connectivity index (χ0) is 17.9. The number of nitriles is 1. The Morgan fingerprint density at radius 1 is 1.08 bits per heavy atom. The van der Waals surface area contributed by atoms with E-state index in [-0.39, 0.29) is 17.3 Å². The molecule has 7 heteroatoms. The topological polar surface area (TPSA) is 96.5 Å². The first-order valence-electron chi connectivity index (χ1n) is 7.82. The number of nitrogens with one attached hydrogen (secondary N) is 1. The Kier molecular flexibility index (Phi) is 3.84. The molecule has 0 aliphatic heterocycles. The molecule has 4 aromatic rings. The zero-order valence-corrected chi connectivity index (χ0v) is 13.5. The van der Waals surface area contributed by atoms with Crippen LogP contribution in [0.4, 0.5) is 5.82 Å². The van der Waals surface area contributed by atoms with Gasteiger partial charge in [-0.3, -0.25) is 9.78 Å². The van der Waals surface area contributed by atoms with Gasteiger partial charge in [0.1, 0.15) is 11.6 Å². The number of para-hydroxylation sites is 1. The van der Waals surface area contributed by atoms with Gasteiger partial charge in [0.05, 0.1) is 17.3 Å². The van der Waals surface area contributed by atoms with E-state index in [4.69, 9.17) is 0 Å². The summed E-state index contributed by atoms with van der Waals surface area (Å²) in [5.74, 6) is 0.396. The summed E-state index contributed by atoms with van der Waals surface area (Å²) < 4.78 is 1.44. The molecule has 0 radical (unpaired) electrons. The van der Waals surface area contributed by atoms with E-state index in [1.807, 2.05) is 36.4 Å². The molecule has 0 spiro atoms. The molecule has 1 aromatic carbocycles. The number of nitrogens with zero attached hydrogens (tertiary/aromatic N) is 5. The molecule has 1 amide bonds. The van der Waals surface area contributed by atoms with Crippen LogP contribution in [0.2, 0.25) is 0 Å². The van der Waals surface area contributed by atoms with Gasteiger partial charge >= 0.3 is 0 Å². The van der Waals surface area contributed by atoms with Crippen LogP contribution in [-0.4, -0.2) is 25.7 Å². The summed E-state index contributed by atoms with van der Waals surface area (Å²) in [5, 5.41) is 17.3. The lowest BCUT2D eigenvalue weighted by Gasteiger charge is -2.09. The van der Waals surface area contributed by atoms with Gasteiger partial charge in [0.15, 0.2) is 11.6 Å². The fourth-order valence-electron chi connectivity index (χ4n) is 2.57. The maximum Gasteiger partial charge on any atom is 0.258 e. The Morgan fingerprint density at radius 3 is 2.77 bits per heavy atom. The van der Waals surface area contributed by atoms with Gasteiger partial charge < -0.3 is 5.32 Å². The van der Waals surface area contributed by atoms with Gasteiger partial charge in [0.2, 0.25) is 0 Å². The lowest BCUT2D eigenvalue weighted by atomic mass is 10.2. The van der Waals surface area contributed by atoms with E-state index in [1.54, 1.807) is 24.4 Å². The molecule has 7 nitrogen and oxygen atoms in total. The summed E-state index contributed by atoms with van der Waals surface area (Å²) in [6.45, 7) is 0. The van der Waals surface area contributed by atoms with Crippen molar-refractivity contribution in [2.24, 2.45) is 0 Å². The standard InChI is InChI=1S/C19H12N6O/c20-10-15-12-22-25(17-8-7-13-4-1-2-6-16(13)23-17)18(15)24-19(26)14-5-3-9-21-11-14/h1-9,11-12H,(H,24,26). The molecular formula is C19H12N6O. The van der Waals surface area contributed by atoms with E-state index in [1.165, 1.54) is 17.1 Å². The number of pyridine rings is 2. The van der Waals surface area contributed by atoms with Crippen LogP contribution in [0.15, 0.2) is 67.1 Å². The van der Waals surface area contributed by atoms with Gasteiger partial charge in [-0.05, 0) is 30.3 Å². The van der Waals surface area contributed by atoms with Crippen molar-refractivity contribution >= 4 is 22.6 Å². The van der Waals surface area contributed by atoms with Crippen molar-refractivity contribution < 1.29 is 4.79 Å². The molecule has 0 atom stereocenters. The lowest BCUT2D eigenvalue weighted by molar-refractivity contribution is 0.102. The Balaban J connectivity index is 1.76. The van der Waals surface area contributed by atoms with Crippen LogP contribution >= 0.6 is 0 Å². The highest BCUT2D eigenvalue weighted by Crippen LogP contribution is 2.21. The van der Waals surface area contributed by atoms with Crippen LogP contribution in [0, 0.1) is 11.3 Å².